The normalized spacial score (nSPS) is 16.9. The molecule has 20 heteroatoms. The maximum atomic E-state index is 13.8. The highest BCUT2D eigenvalue weighted by molar-refractivity contribution is 5.99. The lowest BCUT2D eigenvalue weighted by Gasteiger charge is -2.31. The third kappa shape index (κ3) is 15.4. The zero-order chi connectivity index (χ0) is 43.7. The van der Waals surface area contributed by atoms with Crippen molar-refractivity contribution in [3.05, 3.63) is 35.9 Å². The van der Waals surface area contributed by atoms with Crippen LogP contribution in [-0.4, -0.2) is 124 Å². The molecule has 1 aliphatic rings. The molecule has 0 radical (unpaired) electrons. The molecule has 0 unspecified atom stereocenters. The van der Waals surface area contributed by atoms with E-state index < -0.39 is 114 Å². The molecule has 0 aromatic heterocycles. The molecule has 2 rings (SSSR count). The Morgan fingerprint density at radius 3 is 1.88 bits per heavy atom. The standard InChI is InChI=1S/C38H59N9O11/c1-20(2)30(41)35(54)45-26(19-29(49)50)37(56)47-16-10-14-27(47)34(53)46-31(21(3)4)36(55)44-25(18-28(40)48)33(52)43-24(17-22-11-6-5-7-12-22)32(51)42-23(38(57)58)13-8-9-15-39/h5-7,11-12,20-21,23-27,30-31H,8-10,13-19,39,41H2,1-4H3,(H2,40,48)(H,42,51)(H,43,52)(H,44,55)(H,45,54)(H,46,53)(H,49,50)(H,57,58)/t23-,24-,25-,26-,27-,30-,31-/m0/s1. The monoisotopic (exact) mass is 817 g/mol. The van der Waals surface area contributed by atoms with Gasteiger partial charge < -0.3 is 58.9 Å². The lowest BCUT2D eigenvalue weighted by molar-refractivity contribution is -0.146. The van der Waals surface area contributed by atoms with Crippen LogP contribution in [0.15, 0.2) is 30.3 Å². The molecule has 0 bridgehead atoms. The average Bonchev–Trinajstić information content (AvgIpc) is 3.65. The van der Waals surface area contributed by atoms with Crippen LogP contribution in [0.25, 0.3) is 0 Å². The molecule has 1 aromatic carbocycles. The second kappa shape index (κ2) is 23.6. The summed E-state index contributed by atoms with van der Waals surface area (Å²) in [6.45, 7) is 6.91. The summed E-state index contributed by atoms with van der Waals surface area (Å²) in [5, 5.41) is 31.6. The number of unbranched alkanes of at least 4 members (excludes halogenated alkanes) is 1. The van der Waals surface area contributed by atoms with Gasteiger partial charge in [0.2, 0.25) is 41.4 Å². The number of likely N-dealkylation sites (tertiary alicyclic amines) is 1. The maximum absolute atomic E-state index is 13.8. The van der Waals surface area contributed by atoms with Crippen molar-refractivity contribution in [2.75, 3.05) is 13.1 Å². The number of carbonyl (C=O) groups is 9. The molecule has 1 saturated heterocycles. The van der Waals surface area contributed by atoms with Crippen LogP contribution in [0.1, 0.15) is 78.2 Å². The van der Waals surface area contributed by atoms with E-state index in [4.69, 9.17) is 17.2 Å². The summed E-state index contributed by atoms with van der Waals surface area (Å²) in [4.78, 5) is 118. The summed E-state index contributed by atoms with van der Waals surface area (Å²) in [5.41, 5.74) is 17.5. The number of nitrogens with one attached hydrogen (secondary N) is 5. The van der Waals surface area contributed by atoms with Gasteiger partial charge in [-0.25, -0.2) is 4.79 Å². The number of carboxylic acids is 2. The van der Waals surface area contributed by atoms with Crippen LogP contribution < -0.4 is 43.8 Å². The van der Waals surface area contributed by atoms with Gasteiger partial charge in [0.1, 0.15) is 36.3 Å². The van der Waals surface area contributed by atoms with Gasteiger partial charge in [0.25, 0.3) is 0 Å². The molecular weight excluding hydrogens is 758 g/mol. The van der Waals surface area contributed by atoms with E-state index in [2.05, 4.69) is 26.6 Å². The van der Waals surface area contributed by atoms with Gasteiger partial charge in [0.05, 0.1) is 18.9 Å². The van der Waals surface area contributed by atoms with E-state index in [0.717, 1.165) is 4.90 Å². The number of carboxylic acid groups (broad SMARTS) is 2. The largest absolute Gasteiger partial charge is 0.481 e. The first-order valence-electron chi connectivity index (χ1n) is 19.3. The zero-order valence-corrected chi connectivity index (χ0v) is 33.4. The molecule has 58 heavy (non-hydrogen) atoms. The van der Waals surface area contributed by atoms with Gasteiger partial charge in [0.15, 0.2) is 0 Å². The van der Waals surface area contributed by atoms with Crippen LogP contribution in [0, 0.1) is 11.8 Å². The number of nitrogens with zero attached hydrogens (tertiary/aromatic N) is 1. The zero-order valence-electron chi connectivity index (χ0n) is 33.4. The Labute approximate surface area is 337 Å². The Morgan fingerprint density at radius 1 is 0.741 bits per heavy atom. The lowest BCUT2D eigenvalue weighted by Crippen LogP contribution is -2.61. The number of carbonyl (C=O) groups excluding carboxylic acids is 7. The minimum absolute atomic E-state index is 0.0528. The highest BCUT2D eigenvalue weighted by Crippen LogP contribution is 2.20. The van der Waals surface area contributed by atoms with E-state index in [1.54, 1.807) is 58.0 Å². The first-order chi connectivity index (χ1) is 27.3. The molecule has 7 atom stereocenters. The van der Waals surface area contributed by atoms with Crippen molar-refractivity contribution in [2.24, 2.45) is 29.0 Å². The quantitative estimate of drug-likeness (QED) is 0.0498. The van der Waals surface area contributed by atoms with Crippen molar-refractivity contribution in [1.82, 2.24) is 31.5 Å². The summed E-state index contributed by atoms with van der Waals surface area (Å²) in [5.74, 6) is -9.67. The summed E-state index contributed by atoms with van der Waals surface area (Å²) >= 11 is 0. The number of amides is 7. The Balaban J connectivity index is 2.30. The van der Waals surface area contributed by atoms with Crippen molar-refractivity contribution >= 4 is 53.3 Å². The number of aliphatic carboxylic acids is 2. The molecule has 1 fully saturated rings. The number of nitrogens with two attached hydrogens (primary N) is 3. The van der Waals surface area contributed by atoms with Crippen LogP contribution in [0.5, 0.6) is 0 Å². The van der Waals surface area contributed by atoms with Crippen molar-refractivity contribution in [2.45, 2.75) is 121 Å². The minimum Gasteiger partial charge on any atom is -0.481 e. The van der Waals surface area contributed by atoms with Crippen molar-refractivity contribution in [3.63, 3.8) is 0 Å². The first kappa shape index (κ1) is 48.5. The van der Waals surface area contributed by atoms with Gasteiger partial charge >= 0.3 is 11.9 Å². The van der Waals surface area contributed by atoms with E-state index in [9.17, 15) is 53.4 Å². The SMILES string of the molecule is CC(C)[C@H](N)C(=O)N[C@@H](CC(=O)O)C(=O)N1CCC[C@H]1C(=O)N[C@H](C(=O)N[C@@H](CC(N)=O)C(=O)N[C@@H](Cc1ccccc1)C(=O)N[C@@H](CCCCN)C(=O)O)C(C)C. The van der Waals surface area contributed by atoms with Crippen LogP contribution >= 0.6 is 0 Å². The molecule has 1 aliphatic heterocycles. The Bertz CT molecular complexity index is 1630. The number of primary amides is 1. The molecule has 13 N–H and O–H groups in total. The average molecular weight is 818 g/mol. The van der Waals surface area contributed by atoms with Crippen molar-refractivity contribution < 1.29 is 53.4 Å². The van der Waals surface area contributed by atoms with Gasteiger partial charge in [-0.3, -0.25) is 38.4 Å². The molecule has 0 saturated carbocycles. The van der Waals surface area contributed by atoms with E-state index in [0.29, 0.717) is 31.4 Å². The fourth-order valence-electron chi connectivity index (χ4n) is 6.26. The summed E-state index contributed by atoms with van der Waals surface area (Å²) in [7, 11) is 0. The van der Waals surface area contributed by atoms with Gasteiger partial charge in [-0.15, -0.1) is 0 Å². The van der Waals surface area contributed by atoms with Crippen LogP contribution in [0.2, 0.25) is 0 Å². The van der Waals surface area contributed by atoms with Gasteiger partial charge in [-0.2, -0.15) is 0 Å². The fourth-order valence-corrected chi connectivity index (χ4v) is 6.26. The minimum atomic E-state index is -1.64. The first-order valence-corrected chi connectivity index (χ1v) is 19.3. The third-order valence-corrected chi connectivity index (χ3v) is 9.62. The maximum Gasteiger partial charge on any atom is 0.326 e. The third-order valence-electron chi connectivity index (χ3n) is 9.62. The summed E-state index contributed by atoms with van der Waals surface area (Å²) in [6.07, 6.45) is -0.0695. The summed E-state index contributed by atoms with van der Waals surface area (Å²) in [6, 6.07) is -0.826. The van der Waals surface area contributed by atoms with Gasteiger partial charge in [-0.1, -0.05) is 58.0 Å². The molecule has 20 nitrogen and oxygen atoms in total. The van der Waals surface area contributed by atoms with E-state index in [-0.39, 0.29) is 31.7 Å². The van der Waals surface area contributed by atoms with Crippen LogP contribution in [-0.2, 0) is 49.6 Å². The molecule has 1 aromatic rings. The smallest absolute Gasteiger partial charge is 0.326 e. The molecule has 1 heterocycles. The molecule has 322 valence electrons. The second-order valence-electron chi connectivity index (χ2n) is 15.0. The number of hydrogen-bond acceptors (Lipinski definition) is 11. The lowest BCUT2D eigenvalue weighted by atomic mass is 10.0. The van der Waals surface area contributed by atoms with Gasteiger partial charge in [0, 0.05) is 13.0 Å². The predicted octanol–water partition coefficient (Wildman–Crippen LogP) is -2.15. The molecule has 7 amide bonds. The highest BCUT2D eigenvalue weighted by Gasteiger charge is 2.41. The van der Waals surface area contributed by atoms with E-state index in [1.165, 1.54) is 0 Å². The van der Waals surface area contributed by atoms with E-state index in [1.807, 2.05) is 0 Å². The Kier molecular flexibility index (Phi) is 19.7. The molecular formula is C38H59N9O11. The Hall–Kier alpha value is -5.63. The Morgan fingerprint density at radius 2 is 1.33 bits per heavy atom. The van der Waals surface area contributed by atoms with Crippen molar-refractivity contribution in [1.29, 1.82) is 0 Å². The topological polar surface area (TPSA) is 336 Å². The van der Waals surface area contributed by atoms with Gasteiger partial charge in [-0.05, 0) is 56.0 Å². The van der Waals surface area contributed by atoms with Crippen LogP contribution in [0.4, 0.5) is 0 Å². The molecule has 0 spiro atoms. The van der Waals surface area contributed by atoms with E-state index >= 15 is 0 Å². The molecule has 0 aliphatic carbocycles. The second-order valence-corrected chi connectivity index (χ2v) is 15.0. The number of rotatable bonds is 24. The number of hydrogen-bond donors (Lipinski definition) is 10. The summed E-state index contributed by atoms with van der Waals surface area (Å²) < 4.78 is 0. The van der Waals surface area contributed by atoms with Crippen molar-refractivity contribution in [3.8, 4) is 0 Å². The van der Waals surface area contributed by atoms with Crippen LogP contribution in [0.3, 0.4) is 0 Å². The fraction of sp³-hybridized carbons (Fsp3) is 0.605. The number of benzene rings is 1. The predicted molar refractivity (Wildman–Crippen MR) is 209 cm³/mol. The highest BCUT2D eigenvalue weighted by atomic mass is 16.4.